The van der Waals surface area contributed by atoms with E-state index in [1.165, 1.54) is 28.6 Å². The Labute approximate surface area is 154 Å². The summed E-state index contributed by atoms with van der Waals surface area (Å²) >= 11 is 3.25. The van der Waals surface area contributed by atoms with E-state index < -0.39 is 10.0 Å². The second-order valence-electron chi connectivity index (χ2n) is 5.81. The Bertz CT molecular complexity index is 816. The summed E-state index contributed by atoms with van der Waals surface area (Å²) in [4.78, 5) is 8.10. The maximum atomic E-state index is 13.0. The molecular weight excluding hydrogens is 413 g/mol. The summed E-state index contributed by atoms with van der Waals surface area (Å²) in [5.74, 6) is -0.545. The molecule has 0 amide bonds. The molecule has 0 spiro atoms. The zero-order valence-electron chi connectivity index (χ0n) is 13.3. The molecule has 0 unspecified atom stereocenters. The minimum atomic E-state index is -3.50. The summed E-state index contributed by atoms with van der Waals surface area (Å²) in [6.45, 7) is 0.702. The van der Waals surface area contributed by atoms with Crippen LogP contribution in [0.5, 0.6) is 6.01 Å². The molecule has 1 aliphatic heterocycles. The summed E-state index contributed by atoms with van der Waals surface area (Å²) in [6, 6.07) is 5.72. The third kappa shape index (κ3) is 4.96. The molecule has 6 nitrogen and oxygen atoms in total. The van der Waals surface area contributed by atoms with E-state index in [0.717, 1.165) is 10.9 Å². The molecule has 0 saturated carbocycles. The van der Waals surface area contributed by atoms with Crippen molar-refractivity contribution in [2.45, 2.75) is 24.7 Å². The number of aromatic nitrogens is 2. The summed E-state index contributed by atoms with van der Waals surface area (Å²) < 4.78 is 46.1. The number of rotatable bonds is 5. The molecule has 1 atom stereocenters. The van der Waals surface area contributed by atoms with Crippen molar-refractivity contribution in [3.05, 3.63) is 52.5 Å². The number of piperidine rings is 1. The van der Waals surface area contributed by atoms with Gasteiger partial charge in [-0.05, 0) is 46.5 Å². The number of sulfonamides is 1. The summed E-state index contributed by atoms with van der Waals surface area (Å²) in [6.07, 6.45) is 4.30. The fraction of sp³-hybridized carbons (Fsp3) is 0.375. The lowest BCUT2D eigenvalue weighted by atomic mass is 10.1. The lowest BCUT2D eigenvalue weighted by Gasteiger charge is -2.31. The van der Waals surface area contributed by atoms with E-state index in [1.807, 2.05) is 0 Å². The standard InChI is InChI=1S/C16H17BrFN3O3S/c17-13-8-19-16(20-9-13)24-15-2-1-7-21(10-15)25(22,23)11-12-3-5-14(18)6-4-12/h3-6,8-9,15H,1-2,7,10-11H2/t15-/m1/s1. The first-order chi connectivity index (χ1) is 11.9. The minimum absolute atomic E-state index is 0.158. The predicted octanol–water partition coefficient (Wildman–Crippen LogP) is 2.75. The minimum Gasteiger partial charge on any atom is -0.459 e. The largest absolute Gasteiger partial charge is 0.459 e. The fourth-order valence-electron chi connectivity index (χ4n) is 2.65. The molecule has 1 fully saturated rings. The summed E-state index contributed by atoms with van der Waals surface area (Å²) in [5.41, 5.74) is 0.556. The van der Waals surface area contributed by atoms with Gasteiger partial charge in [-0.2, -0.15) is 4.31 Å². The number of ether oxygens (including phenoxy) is 1. The van der Waals surface area contributed by atoms with E-state index in [1.54, 1.807) is 12.4 Å². The van der Waals surface area contributed by atoms with Crippen LogP contribution in [0.15, 0.2) is 41.1 Å². The number of hydrogen-bond donors (Lipinski definition) is 0. The van der Waals surface area contributed by atoms with Gasteiger partial charge in [-0.25, -0.2) is 22.8 Å². The van der Waals surface area contributed by atoms with Crippen molar-refractivity contribution in [1.29, 1.82) is 0 Å². The van der Waals surface area contributed by atoms with Gasteiger partial charge in [-0.3, -0.25) is 0 Å². The quantitative estimate of drug-likeness (QED) is 0.730. The Kier molecular flexibility index (Phi) is 5.65. The van der Waals surface area contributed by atoms with Crippen LogP contribution in [0.3, 0.4) is 0 Å². The molecule has 2 aromatic rings. The third-order valence-electron chi connectivity index (χ3n) is 3.87. The van der Waals surface area contributed by atoms with Gasteiger partial charge in [0, 0.05) is 18.9 Å². The van der Waals surface area contributed by atoms with Gasteiger partial charge in [0.25, 0.3) is 0 Å². The Balaban J connectivity index is 1.65. The average Bonchev–Trinajstić information content (AvgIpc) is 2.59. The van der Waals surface area contributed by atoms with E-state index in [4.69, 9.17) is 4.74 Å². The second kappa shape index (κ2) is 7.76. The number of benzene rings is 1. The Morgan fingerprint density at radius 3 is 2.60 bits per heavy atom. The van der Waals surface area contributed by atoms with Gasteiger partial charge in [0.1, 0.15) is 11.9 Å². The third-order valence-corrected chi connectivity index (χ3v) is 6.09. The van der Waals surface area contributed by atoms with Crippen LogP contribution < -0.4 is 4.74 Å². The topological polar surface area (TPSA) is 72.4 Å². The van der Waals surface area contributed by atoms with E-state index in [0.29, 0.717) is 18.5 Å². The Morgan fingerprint density at radius 2 is 1.92 bits per heavy atom. The average molecular weight is 430 g/mol. The zero-order chi connectivity index (χ0) is 17.9. The SMILES string of the molecule is O=S(=O)(Cc1ccc(F)cc1)N1CCC[C@@H](Oc2ncc(Br)cn2)C1. The van der Waals surface area contributed by atoms with Crippen molar-refractivity contribution in [3.63, 3.8) is 0 Å². The van der Waals surface area contributed by atoms with Gasteiger partial charge in [-0.15, -0.1) is 0 Å². The summed E-state index contributed by atoms with van der Waals surface area (Å²) in [7, 11) is -3.50. The molecule has 9 heteroatoms. The molecule has 0 bridgehead atoms. The smallest absolute Gasteiger partial charge is 0.316 e. The van der Waals surface area contributed by atoms with Crippen LogP contribution in [-0.2, 0) is 15.8 Å². The molecule has 3 rings (SSSR count). The molecular formula is C16H17BrFN3O3S. The van der Waals surface area contributed by atoms with Gasteiger partial charge < -0.3 is 4.74 Å². The van der Waals surface area contributed by atoms with Gasteiger partial charge in [-0.1, -0.05) is 12.1 Å². The van der Waals surface area contributed by atoms with Gasteiger partial charge in [0.2, 0.25) is 10.0 Å². The highest BCUT2D eigenvalue weighted by atomic mass is 79.9. The molecule has 0 aliphatic carbocycles. The number of hydrogen-bond acceptors (Lipinski definition) is 5. The van der Waals surface area contributed by atoms with E-state index in [2.05, 4.69) is 25.9 Å². The van der Waals surface area contributed by atoms with Crippen molar-refractivity contribution in [2.75, 3.05) is 13.1 Å². The van der Waals surface area contributed by atoms with Crippen molar-refractivity contribution >= 4 is 26.0 Å². The van der Waals surface area contributed by atoms with E-state index in [-0.39, 0.29) is 30.2 Å². The first-order valence-electron chi connectivity index (χ1n) is 7.79. The molecule has 0 radical (unpaired) electrons. The second-order valence-corrected chi connectivity index (χ2v) is 8.69. The molecule has 1 aliphatic rings. The lowest BCUT2D eigenvalue weighted by Crippen LogP contribution is -2.44. The van der Waals surface area contributed by atoms with E-state index in [9.17, 15) is 12.8 Å². The first-order valence-corrected chi connectivity index (χ1v) is 10.2. The van der Waals surface area contributed by atoms with Crippen LogP contribution in [0.1, 0.15) is 18.4 Å². The van der Waals surface area contributed by atoms with Crippen LogP contribution in [0.2, 0.25) is 0 Å². The molecule has 1 aromatic carbocycles. The van der Waals surface area contributed by atoms with Crippen molar-refractivity contribution in [3.8, 4) is 6.01 Å². The van der Waals surface area contributed by atoms with Crippen LogP contribution in [-0.4, -0.2) is 41.9 Å². The fourth-order valence-corrected chi connectivity index (χ4v) is 4.45. The normalized spacial score (nSPS) is 18.9. The summed E-state index contributed by atoms with van der Waals surface area (Å²) in [5, 5.41) is 0. The predicted molar refractivity (Wildman–Crippen MR) is 94.0 cm³/mol. The molecule has 1 aromatic heterocycles. The van der Waals surface area contributed by atoms with Crippen molar-refractivity contribution in [1.82, 2.24) is 14.3 Å². The number of nitrogens with zero attached hydrogens (tertiary/aromatic N) is 3. The van der Waals surface area contributed by atoms with Gasteiger partial charge in [0.05, 0.1) is 16.8 Å². The van der Waals surface area contributed by atoms with Crippen LogP contribution in [0.4, 0.5) is 4.39 Å². The number of halogens is 2. The first kappa shape index (κ1) is 18.2. The molecule has 1 saturated heterocycles. The highest BCUT2D eigenvalue weighted by molar-refractivity contribution is 9.10. The Morgan fingerprint density at radius 1 is 1.24 bits per heavy atom. The van der Waals surface area contributed by atoms with Crippen LogP contribution in [0.25, 0.3) is 0 Å². The monoisotopic (exact) mass is 429 g/mol. The molecule has 25 heavy (non-hydrogen) atoms. The van der Waals surface area contributed by atoms with Gasteiger partial charge >= 0.3 is 6.01 Å². The van der Waals surface area contributed by atoms with Crippen LogP contribution in [0, 0.1) is 5.82 Å². The molecule has 0 N–H and O–H groups in total. The van der Waals surface area contributed by atoms with Crippen LogP contribution >= 0.6 is 15.9 Å². The highest BCUT2D eigenvalue weighted by Gasteiger charge is 2.30. The van der Waals surface area contributed by atoms with E-state index >= 15 is 0 Å². The lowest BCUT2D eigenvalue weighted by molar-refractivity contribution is 0.119. The maximum absolute atomic E-state index is 13.0. The Hall–Kier alpha value is -1.58. The maximum Gasteiger partial charge on any atom is 0.316 e. The van der Waals surface area contributed by atoms with Crippen molar-refractivity contribution < 1.29 is 17.5 Å². The molecule has 134 valence electrons. The molecule has 2 heterocycles. The highest BCUT2D eigenvalue weighted by Crippen LogP contribution is 2.21. The van der Waals surface area contributed by atoms with Crippen molar-refractivity contribution in [2.24, 2.45) is 0 Å². The zero-order valence-corrected chi connectivity index (χ0v) is 15.7. The van der Waals surface area contributed by atoms with Gasteiger partial charge in [0.15, 0.2) is 0 Å².